The summed E-state index contributed by atoms with van der Waals surface area (Å²) in [5, 5.41) is 19.9. The quantitative estimate of drug-likeness (QED) is 0.623. The summed E-state index contributed by atoms with van der Waals surface area (Å²) in [5.41, 5.74) is -0.484. The van der Waals surface area contributed by atoms with Gasteiger partial charge in [0.25, 0.3) is 0 Å². The Morgan fingerprint density at radius 2 is 1.50 bits per heavy atom. The first kappa shape index (κ1) is 15.1. The first-order chi connectivity index (χ1) is 9.43. The minimum atomic E-state index is -0.910. The minimum absolute atomic E-state index is 0.484. The fraction of sp³-hybridized carbons (Fsp3) is 0. The Morgan fingerprint density at radius 3 is 1.90 bits per heavy atom. The highest BCUT2D eigenvalue weighted by Crippen LogP contribution is 2.14. The van der Waals surface area contributed by atoms with Crippen LogP contribution >= 0.6 is 0 Å². The van der Waals surface area contributed by atoms with E-state index in [9.17, 15) is 29.0 Å². The van der Waals surface area contributed by atoms with E-state index in [1.807, 2.05) is 0 Å². The summed E-state index contributed by atoms with van der Waals surface area (Å²) in [5.74, 6) is -2.44. The topological polar surface area (TPSA) is 99.2 Å². The Bertz CT molecular complexity index is 581. The van der Waals surface area contributed by atoms with Crippen LogP contribution < -0.4 is 0 Å². The molecule has 7 nitrogen and oxygen atoms in total. The first-order valence-electron chi connectivity index (χ1n) is 5.07. The maximum Gasteiger partial charge on any atom is 0.399 e. The van der Waals surface area contributed by atoms with Gasteiger partial charge in [-0.2, -0.15) is 8.78 Å². The van der Waals surface area contributed by atoms with Crippen LogP contribution in [0.4, 0.5) is 20.3 Å². The number of benzene rings is 1. The van der Waals surface area contributed by atoms with Gasteiger partial charge < -0.3 is 10.1 Å². The molecular weight excluding hydrogens is 276 g/mol. The van der Waals surface area contributed by atoms with E-state index in [0.29, 0.717) is 0 Å². The molecule has 0 N–H and O–H groups in total. The number of para-hydroxylation sites is 1. The van der Waals surface area contributed by atoms with Crippen molar-refractivity contribution in [2.24, 2.45) is 0 Å². The average Bonchev–Trinajstić information content (AvgIpc) is 2.40. The van der Waals surface area contributed by atoms with Crippen molar-refractivity contribution >= 4 is 11.5 Å². The van der Waals surface area contributed by atoms with E-state index >= 15 is 0 Å². The highest BCUT2D eigenvalue weighted by atomic mass is 19.1. The van der Waals surface area contributed by atoms with Gasteiger partial charge in [-0.25, -0.2) is 0 Å². The van der Waals surface area contributed by atoms with Crippen LogP contribution in [0.15, 0.2) is 42.6 Å². The van der Waals surface area contributed by atoms with Crippen molar-refractivity contribution in [3.8, 4) is 0 Å². The summed E-state index contributed by atoms with van der Waals surface area (Å²) in [6, 6.07) is 7.28. The zero-order valence-corrected chi connectivity index (χ0v) is 9.77. The highest BCUT2D eigenvalue weighted by molar-refractivity contribution is 5.30. The van der Waals surface area contributed by atoms with Gasteiger partial charge in [-0.1, -0.05) is 12.1 Å². The lowest BCUT2D eigenvalue weighted by Crippen LogP contribution is -1.94. The molecule has 0 aliphatic heterocycles. The van der Waals surface area contributed by atoms with Crippen molar-refractivity contribution in [1.29, 1.82) is 0 Å². The molecule has 0 radical (unpaired) electrons. The Hall–Kier alpha value is -2.97. The van der Waals surface area contributed by atoms with Crippen molar-refractivity contribution in [2.45, 2.75) is 0 Å². The van der Waals surface area contributed by atoms with Crippen LogP contribution in [0.3, 0.4) is 0 Å². The number of nitro benzene ring substituents is 1. The lowest BCUT2D eigenvalue weighted by atomic mass is 10.3. The van der Waals surface area contributed by atoms with Crippen molar-refractivity contribution in [2.75, 3.05) is 0 Å². The van der Waals surface area contributed by atoms with Gasteiger partial charge in [-0.05, 0) is 28.1 Å². The number of hydrogen-bond donors (Lipinski definition) is 0. The maximum absolute atomic E-state index is 12.4. The molecule has 1 aromatic carbocycles. The van der Waals surface area contributed by atoms with Gasteiger partial charge in [-0.15, -0.1) is 0 Å². The van der Waals surface area contributed by atoms with Gasteiger partial charge in [0.1, 0.15) is 6.20 Å². The second-order valence-electron chi connectivity index (χ2n) is 3.27. The summed E-state index contributed by atoms with van der Waals surface area (Å²) in [6.45, 7) is 0. The van der Waals surface area contributed by atoms with Crippen LogP contribution in [0, 0.1) is 31.9 Å². The molecule has 20 heavy (non-hydrogen) atoms. The molecule has 2 rings (SSSR count). The summed E-state index contributed by atoms with van der Waals surface area (Å²) in [6.07, 6.45) is 1.17. The molecule has 0 aliphatic rings. The molecule has 0 fully saturated rings. The van der Waals surface area contributed by atoms with Crippen LogP contribution in [0.2, 0.25) is 0 Å². The first-order valence-corrected chi connectivity index (χ1v) is 5.07. The molecule has 0 spiro atoms. The number of nitro groups is 2. The molecular formula is C11H7F2N3O4. The SMILES string of the molecule is O=[N+]([O-])c1ccccc1F.O=[N+]([O-])c1ncccc1F. The molecule has 1 heterocycles. The molecule has 9 heteroatoms. The number of pyridine rings is 1. The Balaban J connectivity index is 0.000000200. The van der Waals surface area contributed by atoms with E-state index in [4.69, 9.17) is 0 Å². The number of rotatable bonds is 2. The van der Waals surface area contributed by atoms with E-state index in [0.717, 1.165) is 18.2 Å². The average molecular weight is 283 g/mol. The van der Waals surface area contributed by atoms with Crippen LogP contribution in [-0.4, -0.2) is 14.8 Å². The molecule has 0 bridgehead atoms. The summed E-state index contributed by atoms with van der Waals surface area (Å²) in [7, 11) is 0. The second kappa shape index (κ2) is 6.83. The fourth-order valence-electron chi connectivity index (χ4n) is 1.11. The second-order valence-corrected chi connectivity index (χ2v) is 3.27. The van der Waals surface area contributed by atoms with E-state index in [1.54, 1.807) is 0 Å². The molecule has 1 aromatic heterocycles. The van der Waals surface area contributed by atoms with E-state index in [-0.39, 0.29) is 0 Å². The van der Waals surface area contributed by atoms with Gasteiger partial charge >= 0.3 is 11.5 Å². The monoisotopic (exact) mass is 283 g/mol. The zero-order valence-electron chi connectivity index (χ0n) is 9.77. The highest BCUT2D eigenvalue weighted by Gasteiger charge is 2.12. The summed E-state index contributed by atoms with van der Waals surface area (Å²) in [4.78, 5) is 21.5. The van der Waals surface area contributed by atoms with Crippen molar-refractivity contribution < 1.29 is 18.6 Å². The third-order valence-corrected chi connectivity index (χ3v) is 1.96. The molecule has 2 aromatic rings. The molecule has 0 saturated heterocycles. The standard InChI is InChI=1S/C6H4FNO2.C5H3FN2O2/c7-5-3-1-2-4-6(5)8(9)10;6-4-2-1-3-7-5(4)8(9)10/h1-4H;1-3H. The van der Waals surface area contributed by atoms with Crippen molar-refractivity contribution in [3.63, 3.8) is 0 Å². The molecule has 104 valence electrons. The lowest BCUT2D eigenvalue weighted by molar-refractivity contribution is -0.392. The third kappa shape index (κ3) is 4.05. The Morgan fingerprint density at radius 1 is 0.900 bits per heavy atom. The zero-order chi connectivity index (χ0) is 15.1. The number of hydrogen-bond acceptors (Lipinski definition) is 5. The molecule has 0 unspecified atom stereocenters. The number of aromatic nitrogens is 1. The minimum Gasteiger partial charge on any atom is -0.358 e. The molecule has 0 aliphatic carbocycles. The number of halogens is 2. The van der Waals surface area contributed by atoms with Crippen molar-refractivity contribution in [3.05, 3.63) is 74.5 Å². The lowest BCUT2D eigenvalue weighted by Gasteiger charge is -1.89. The number of nitrogens with zero attached hydrogens (tertiary/aromatic N) is 3. The maximum atomic E-state index is 12.4. The van der Waals surface area contributed by atoms with Crippen LogP contribution in [0.25, 0.3) is 0 Å². The van der Waals surface area contributed by atoms with Gasteiger partial charge in [0, 0.05) is 6.07 Å². The summed E-state index contributed by atoms with van der Waals surface area (Å²) >= 11 is 0. The van der Waals surface area contributed by atoms with Gasteiger partial charge in [0.15, 0.2) is 0 Å². The molecule has 0 amide bonds. The van der Waals surface area contributed by atoms with Gasteiger partial charge in [0.05, 0.1) is 4.92 Å². The van der Waals surface area contributed by atoms with Gasteiger partial charge in [0.2, 0.25) is 11.6 Å². The van der Waals surface area contributed by atoms with Gasteiger partial charge in [-0.3, -0.25) is 10.1 Å². The van der Waals surface area contributed by atoms with Crippen LogP contribution in [0.5, 0.6) is 0 Å². The van der Waals surface area contributed by atoms with E-state index < -0.39 is 33.0 Å². The Labute approximate surface area is 110 Å². The molecule has 0 atom stereocenters. The Kier molecular flexibility index (Phi) is 5.15. The smallest absolute Gasteiger partial charge is 0.358 e. The fourth-order valence-corrected chi connectivity index (χ4v) is 1.11. The van der Waals surface area contributed by atoms with E-state index in [2.05, 4.69) is 4.98 Å². The summed E-state index contributed by atoms with van der Waals surface area (Å²) < 4.78 is 24.7. The predicted octanol–water partition coefficient (Wildman–Crippen LogP) is 2.86. The van der Waals surface area contributed by atoms with Crippen LogP contribution in [0.1, 0.15) is 0 Å². The van der Waals surface area contributed by atoms with Crippen LogP contribution in [-0.2, 0) is 0 Å². The van der Waals surface area contributed by atoms with E-state index in [1.165, 1.54) is 24.4 Å². The van der Waals surface area contributed by atoms with Crippen molar-refractivity contribution in [1.82, 2.24) is 4.98 Å². The largest absolute Gasteiger partial charge is 0.399 e. The predicted molar refractivity (Wildman–Crippen MR) is 63.9 cm³/mol. The third-order valence-electron chi connectivity index (χ3n) is 1.96. The normalized spacial score (nSPS) is 9.30. The molecule has 0 saturated carbocycles.